The van der Waals surface area contributed by atoms with E-state index in [9.17, 15) is 0 Å². The van der Waals surface area contributed by atoms with Gasteiger partial charge in [-0.25, -0.2) is 9.97 Å². The van der Waals surface area contributed by atoms with Crippen molar-refractivity contribution in [2.24, 2.45) is 0 Å². The number of hydrogen-bond donors (Lipinski definition) is 0. The maximum absolute atomic E-state index is 5.50. The predicted molar refractivity (Wildman–Crippen MR) is 129 cm³/mol. The number of fused-ring (bicyclic) bond motifs is 1. The third kappa shape index (κ3) is 4.53. The summed E-state index contributed by atoms with van der Waals surface area (Å²) in [5.41, 5.74) is 4.96. The summed E-state index contributed by atoms with van der Waals surface area (Å²) < 4.78 is 5.50. The van der Waals surface area contributed by atoms with E-state index in [0.717, 1.165) is 53.9 Å². The molecule has 2 aromatic carbocycles. The van der Waals surface area contributed by atoms with Gasteiger partial charge in [0.2, 0.25) is 0 Å². The van der Waals surface area contributed by atoms with Crippen molar-refractivity contribution in [1.82, 2.24) is 14.9 Å². The number of ether oxygens (including phenoxy) is 1. The fourth-order valence-corrected chi connectivity index (χ4v) is 5.98. The topological polar surface area (TPSA) is 38.2 Å². The van der Waals surface area contributed by atoms with Crippen LogP contribution in [-0.2, 0) is 11.3 Å². The van der Waals surface area contributed by atoms with Crippen LogP contribution in [0.15, 0.2) is 63.8 Å². The third-order valence-corrected chi connectivity index (χ3v) is 7.57. The average molecular weight is 448 g/mol. The smallest absolute Gasteiger partial charge is 0.145 e. The molecule has 0 unspecified atom stereocenters. The van der Waals surface area contributed by atoms with Crippen LogP contribution in [0.25, 0.3) is 21.3 Å². The molecule has 1 saturated heterocycles. The Kier molecular flexibility index (Phi) is 6.05. The Morgan fingerprint density at radius 1 is 1.03 bits per heavy atom. The average Bonchev–Trinajstić information content (AvgIpc) is 3.22. The minimum absolute atomic E-state index is 0.762. The second kappa shape index (κ2) is 9.09. The van der Waals surface area contributed by atoms with Gasteiger partial charge >= 0.3 is 0 Å². The lowest BCUT2D eigenvalue weighted by atomic mass is 10.1. The highest BCUT2D eigenvalue weighted by atomic mass is 32.2. The van der Waals surface area contributed by atoms with E-state index in [1.54, 1.807) is 23.1 Å². The van der Waals surface area contributed by atoms with Gasteiger partial charge in [0.25, 0.3) is 0 Å². The molecule has 158 valence electrons. The zero-order chi connectivity index (χ0) is 21.2. The molecule has 0 radical (unpaired) electrons. The van der Waals surface area contributed by atoms with E-state index in [4.69, 9.17) is 14.7 Å². The first kappa shape index (κ1) is 20.6. The lowest BCUT2D eigenvalue weighted by molar-refractivity contribution is 0.0330. The highest BCUT2D eigenvalue weighted by Gasteiger charge is 2.19. The molecule has 2 aromatic heterocycles. The molecule has 1 aliphatic heterocycles. The maximum atomic E-state index is 5.50. The summed E-state index contributed by atoms with van der Waals surface area (Å²) in [5.74, 6) is 0.892. The molecule has 3 heterocycles. The molecular weight excluding hydrogens is 422 g/mol. The van der Waals surface area contributed by atoms with Crippen molar-refractivity contribution in [1.29, 1.82) is 0 Å². The second-order valence-corrected chi connectivity index (χ2v) is 9.79. The molecule has 5 rings (SSSR count). The Hall–Kier alpha value is -2.25. The Morgan fingerprint density at radius 3 is 2.65 bits per heavy atom. The molecule has 0 N–H and O–H groups in total. The Labute approximate surface area is 191 Å². The minimum Gasteiger partial charge on any atom is -0.379 e. The molecule has 1 fully saturated rings. The van der Waals surface area contributed by atoms with Crippen LogP contribution in [0.3, 0.4) is 0 Å². The van der Waals surface area contributed by atoms with Crippen molar-refractivity contribution in [3.63, 3.8) is 0 Å². The van der Waals surface area contributed by atoms with Crippen LogP contribution < -0.4 is 0 Å². The van der Waals surface area contributed by atoms with Gasteiger partial charge in [0.05, 0.1) is 25.1 Å². The van der Waals surface area contributed by atoms with Gasteiger partial charge in [0.1, 0.15) is 15.7 Å². The number of aryl methyl sites for hydroxylation is 2. The van der Waals surface area contributed by atoms with Crippen LogP contribution in [-0.4, -0.2) is 41.2 Å². The number of hydrogen-bond acceptors (Lipinski definition) is 6. The van der Waals surface area contributed by atoms with Crippen molar-refractivity contribution in [2.45, 2.75) is 30.3 Å². The maximum Gasteiger partial charge on any atom is 0.145 e. The molecule has 4 nitrogen and oxygen atoms in total. The van der Waals surface area contributed by atoms with Crippen LogP contribution >= 0.6 is 23.1 Å². The normalized spacial score (nSPS) is 14.9. The minimum atomic E-state index is 0.762. The first-order valence-electron chi connectivity index (χ1n) is 10.6. The highest BCUT2D eigenvalue weighted by molar-refractivity contribution is 7.99. The van der Waals surface area contributed by atoms with Crippen molar-refractivity contribution in [2.75, 3.05) is 26.3 Å². The second-order valence-electron chi connectivity index (χ2n) is 7.90. The van der Waals surface area contributed by atoms with Gasteiger partial charge in [0.15, 0.2) is 0 Å². The summed E-state index contributed by atoms with van der Waals surface area (Å²) in [6.45, 7) is 8.50. The van der Waals surface area contributed by atoms with Gasteiger partial charge in [-0.1, -0.05) is 54.2 Å². The van der Waals surface area contributed by atoms with Crippen LogP contribution in [0.5, 0.6) is 0 Å². The highest BCUT2D eigenvalue weighted by Crippen LogP contribution is 2.41. The van der Waals surface area contributed by atoms with Gasteiger partial charge in [-0.3, -0.25) is 4.90 Å². The fraction of sp³-hybridized carbons (Fsp3) is 0.280. The number of aromatic nitrogens is 2. The van der Waals surface area contributed by atoms with Gasteiger partial charge in [-0.15, -0.1) is 11.3 Å². The van der Waals surface area contributed by atoms with Crippen LogP contribution in [0.1, 0.15) is 17.0 Å². The first-order valence-corrected chi connectivity index (χ1v) is 12.3. The molecule has 0 amide bonds. The largest absolute Gasteiger partial charge is 0.379 e. The van der Waals surface area contributed by atoms with Gasteiger partial charge < -0.3 is 4.74 Å². The third-order valence-electron chi connectivity index (χ3n) is 5.55. The molecule has 0 saturated carbocycles. The van der Waals surface area contributed by atoms with Crippen molar-refractivity contribution in [3.8, 4) is 11.1 Å². The summed E-state index contributed by atoms with van der Waals surface area (Å²) in [7, 11) is 0. The lowest BCUT2D eigenvalue weighted by Crippen LogP contribution is -2.36. The standard InChI is InChI=1S/C25H25N3OS2/c1-17-8-9-18(2)21(14-17)31-25-23-20(19-6-4-3-5-7-19)16-30-24(23)26-22(27-25)15-28-10-12-29-13-11-28/h3-9,14,16H,10-13,15H2,1-2H3. The van der Waals surface area contributed by atoms with Crippen LogP contribution in [0.4, 0.5) is 0 Å². The van der Waals surface area contributed by atoms with E-state index in [1.807, 2.05) is 0 Å². The van der Waals surface area contributed by atoms with Gasteiger partial charge in [-0.2, -0.15) is 0 Å². The number of nitrogens with zero attached hydrogens (tertiary/aromatic N) is 3. The van der Waals surface area contributed by atoms with E-state index >= 15 is 0 Å². The fourth-order valence-electron chi connectivity index (χ4n) is 3.81. The van der Waals surface area contributed by atoms with E-state index < -0.39 is 0 Å². The lowest BCUT2D eigenvalue weighted by Gasteiger charge is -2.25. The summed E-state index contributed by atoms with van der Waals surface area (Å²) in [6.07, 6.45) is 0. The Bertz CT molecular complexity index is 1200. The molecule has 31 heavy (non-hydrogen) atoms. The van der Waals surface area contributed by atoms with E-state index in [2.05, 4.69) is 72.7 Å². The number of rotatable bonds is 5. The van der Waals surface area contributed by atoms with E-state index in [0.29, 0.717) is 0 Å². The molecule has 0 atom stereocenters. The molecule has 6 heteroatoms. The zero-order valence-electron chi connectivity index (χ0n) is 17.8. The molecular formula is C25H25N3OS2. The quantitative estimate of drug-likeness (QED) is 0.353. The van der Waals surface area contributed by atoms with Crippen molar-refractivity contribution < 1.29 is 4.74 Å². The van der Waals surface area contributed by atoms with Crippen LogP contribution in [0.2, 0.25) is 0 Å². The molecule has 0 bridgehead atoms. The molecule has 0 spiro atoms. The zero-order valence-corrected chi connectivity index (χ0v) is 19.4. The summed E-state index contributed by atoms with van der Waals surface area (Å²) in [4.78, 5) is 14.8. The summed E-state index contributed by atoms with van der Waals surface area (Å²) in [5, 5.41) is 4.43. The Morgan fingerprint density at radius 2 is 1.84 bits per heavy atom. The van der Waals surface area contributed by atoms with E-state index in [1.165, 1.54) is 27.1 Å². The number of morpholine rings is 1. The van der Waals surface area contributed by atoms with Gasteiger partial charge in [-0.05, 0) is 36.6 Å². The van der Waals surface area contributed by atoms with Crippen molar-refractivity contribution in [3.05, 3.63) is 70.9 Å². The molecule has 0 aliphatic carbocycles. The molecule has 4 aromatic rings. The number of thiophene rings is 1. The monoisotopic (exact) mass is 447 g/mol. The van der Waals surface area contributed by atoms with Crippen molar-refractivity contribution >= 4 is 33.3 Å². The SMILES string of the molecule is Cc1ccc(C)c(Sc2nc(CN3CCOCC3)nc3scc(-c4ccccc4)c23)c1. The van der Waals surface area contributed by atoms with Crippen LogP contribution in [0, 0.1) is 13.8 Å². The first-order chi connectivity index (χ1) is 15.2. The molecule has 1 aliphatic rings. The number of benzene rings is 2. The summed E-state index contributed by atoms with van der Waals surface area (Å²) in [6, 6.07) is 17.2. The van der Waals surface area contributed by atoms with E-state index in [-0.39, 0.29) is 0 Å². The summed E-state index contributed by atoms with van der Waals surface area (Å²) >= 11 is 3.47. The Balaban J connectivity index is 1.61. The van der Waals surface area contributed by atoms with Gasteiger partial charge in [0, 0.05) is 28.9 Å². The predicted octanol–water partition coefficient (Wildman–Crippen LogP) is 5.96.